The molecule has 2 aliphatic rings. The number of carbonyl (C=O) groups excluding carboxylic acids is 2. The number of thioether (sulfide) groups is 1. The van der Waals surface area contributed by atoms with Gasteiger partial charge >= 0.3 is 5.97 Å². The van der Waals surface area contributed by atoms with Crippen LogP contribution in [0.1, 0.15) is 31.9 Å². The lowest BCUT2D eigenvalue weighted by atomic mass is 9.94. The summed E-state index contributed by atoms with van der Waals surface area (Å²) in [5, 5.41) is 0.547. The van der Waals surface area contributed by atoms with Crippen molar-refractivity contribution in [2.24, 2.45) is 4.99 Å². The number of halogens is 1. The van der Waals surface area contributed by atoms with Crippen LogP contribution >= 0.6 is 11.8 Å². The van der Waals surface area contributed by atoms with Crippen LogP contribution in [0.3, 0.4) is 0 Å². The molecular weight excluding hydrogens is 331 g/mol. The Morgan fingerprint density at radius 1 is 1.50 bits per heavy atom. The van der Waals surface area contributed by atoms with E-state index in [1.54, 1.807) is 26.0 Å². The van der Waals surface area contributed by atoms with Gasteiger partial charge in [-0.2, -0.15) is 0 Å². The van der Waals surface area contributed by atoms with Gasteiger partial charge in [-0.25, -0.2) is 14.2 Å². The van der Waals surface area contributed by atoms with Crippen molar-refractivity contribution in [3.63, 3.8) is 0 Å². The molecule has 0 unspecified atom stereocenters. The number of aliphatic imine (C=N–C) groups is 1. The number of hydrogen-bond acceptors (Lipinski definition) is 5. The smallest absolute Gasteiger partial charge is 0.338 e. The van der Waals surface area contributed by atoms with Crippen molar-refractivity contribution in [1.82, 2.24) is 4.90 Å². The quantitative estimate of drug-likeness (QED) is 0.788. The van der Waals surface area contributed by atoms with Gasteiger partial charge in [-0.1, -0.05) is 23.9 Å². The average Bonchev–Trinajstić information content (AvgIpc) is 2.54. The van der Waals surface area contributed by atoms with Gasteiger partial charge in [0.1, 0.15) is 5.82 Å². The highest BCUT2D eigenvalue weighted by Crippen LogP contribution is 2.40. The Kier molecular flexibility index (Phi) is 4.71. The largest absolute Gasteiger partial charge is 0.463 e. The molecule has 1 saturated heterocycles. The van der Waals surface area contributed by atoms with Crippen molar-refractivity contribution in [3.05, 3.63) is 46.9 Å². The first-order valence-electron chi connectivity index (χ1n) is 7.69. The summed E-state index contributed by atoms with van der Waals surface area (Å²) in [5.74, 6) is -0.437. The first-order chi connectivity index (χ1) is 11.5. The number of amidine groups is 1. The lowest BCUT2D eigenvalue weighted by molar-refractivity contribution is -0.139. The minimum atomic E-state index is -0.715. The fraction of sp³-hybridized carbons (Fsp3) is 0.353. The standard InChI is InChI=1S/C17H17FN2O3S/c1-3-23-16(22)14-10(2)19-17-20(13(21)7-8-24-17)15(14)11-5-4-6-12(18)9-11/h4-6,9,15H,3,7-8H2,1-2H3/t15-/m1/s1. The van der Waals surface area contributed by atoms with Crippen molar-refractivity contribution in [1.29, 1.82) is 0 Å². The number of ether oxygens (including phenoxy) is 1. The van der Waals surface area contributed by atoms with Gasteiger partial charge in [0, 0.05) is 12.2 Å². The molecule has 1 atom stereocenters. The number of carbonyl (C=O) groups is 2. The number of benzene rings is 1. The van der Waals surface area contributed by atoms with Gasteiger partial charge in [0.25, 0.3) is 0 Å². The lowest BCUT2D eigenvalue weighted by Crippen LogP contribution is -2.45. The molecule has 7 heteroatoms. The summed E-state index contributed by atoms with van der Waals surface area (Å²) in [6, 6.07) is 5.22. The van der Waals surface area contributed by atoms with Gasteiger partial charge in [0.2, 0.25) is 5.91 Å². The van der Waals surface area contributed by atoms with E-state index in [4.69, 9.17) is 4.74 Å². The Labute approximate surface area is 143 Å². The van der Waals surface area contributed by atoms with E-state index in [0.717, 1.165) is 0 Å². The highest BCUT2D eigenvalue weighted by molar-refractivity contribution is 8.14. The van der Waals surface area contributed by atoms with E-state index in [1.807, 2.05) is 0 Å². The Bertz CT molecular complexity index is 760. The van der Waals surface area contributed by atoms with E-state index in [2.05, 4.69) is 4.99 Å². The van der Waals surface area contributed by atoms with Crippen molar-refractivity contribution in [2.75, 3.05) is 12.4 Å². The van der Waals surface area contributed by atoms with Crippen molar-refractivity contribution in [2.45, 2.75) is 26.3 Å². The Morgan fingerprint density at radius 2 is 2.29 bits per heavy atom. The SMILES string of the molecule is CCOC(=O)C1=C(C)N=C2SCCC(=O)N2[C@@H]1c1cccc(F)c1. The van der Waals surface area contributed by atoms with Gasteiger partial charge in [-0.15, -0.1) is 0 Å². The molecule has 0 saturated carbocycles. The van der Waals surface area contributed by atoms with Crippen LogP contribution in [0.5, 0.6) is 0 Å². The fourth-order valence-electron chi connectivity index (χ4n) is 2.86. The number of hydrogen-bond donors (Lipinski definition) is 0. The summed E-state index contributed by atoms with van der Waals surface area (Å²) in [5.41, 5.74) is 1.30. The van der Waals surface area contributed by atoms with E-state index in [-0.39, 0.29) is 18.1 Å². The number of allylic oxidation sites excluding steroid dienone is 1. The molecule has 2 heterocycles. The molecule has 0 radical (unpaired) electrons. The summed E-state index contributed by atoms with van der Waals surface area (Å²) >= 11 is 1.46. The molecule has 1 aromatic rings. The van der Waals surface area contributed by atoms with Crippen LogP contribution in [0.4, 0.5) is 4.39 Å². The van der Waals surface area contributed by atoms with Gasteiger partial charge in [0.15, 0.2) is 5.17 Å². The number of fused-ring (bicyclic) bond motifs is 1. The molecule has 0 N–H and O–H groups in total. The molecule has 0 aliphatic carbocycles. The third-order valence-electron chi connectivity index (χ3n) is 3.87. The maximum Gasteiger partial charge on any atom is 0.338 e. The van der Waals surface area contributed by atoms with Crippen LogP contribution in [0.25, 0.3) is 0 Å². The highest BCUT2D eigenvalue weighted by atomic mass is 32.2. The molecule has 3 rings (SSSR count). The Balaban J connectivity index is 2.16. The van der Waals surface area contributed by atoms with E-state index >= 15 is 0 Å². The second-order valence-corrected chi connectivity index (χ2v) is 6.50. The van der Waals surface area contributed by atoms with Crippen LogP contribution in [-0.2, 0) is 14.3 Å². The normalized spacial score (nSPS) is 20.6. The van der Waals surface area contributed by atoms with Crippen LogP contribution in [0, 0.1) is 5.82 Å². The molecule has 24 heavy (non-hydrogen) atoms. The van der Waals surface area contributed by atoms with Crippen molar-refractivity contribution < 1.29 is 18.7 Å². The number of rotatable bonds is 3. The molecule has 0 bridgehead atoms. The van der Waals surface area contributed by atoms with Gasteiger partial charge in [-0.05, 0) is 31.5 Å². The van der Waals surface area contributed by atoms with Gasteiger partial charge < -0.3 is 4.74 Å². The number of nitrogens with zero attached hydrogens (tertiary/aromatic N) is 2. The average molecular weight is 348 g/mol. The minimum Gasteiger partial charge on any atom is -0.463 e. The van der Waals surface area contributed by atoms with E-state index in [0.29, 0.717) is 28.6 Å². The lowest BCUT2D eigenvalue weighted by Gasteiger charge is -2.38. The second kappa shape index (κ2) is 6.76. The van der Waals surface area contributed by atoms with Crippen molar-refractivity contribution >= 4 is 28.8 Å². The summed E-state index contributed by atoms with van der Waals surface area (Å²) < 4.78 is 18.9. The predicted molar refractivity (Wildman–Crippen MR) is 89.8 cm³/mol. The maximum absolute atomic E-state index is 13.7. The topological polar surface area (TPSA) is 59.0 Å². The van der Waals surface area contributed by atoms with Crippen LogP contribution in [0.2, 0.25) is 0 Å². The first kappa shape index (κ1) is 16.7. The zero-order valence-corrected chi connectivity index (χ0v) is 14.2. The molecule has 1 amide bonds. The first-order valence-corrected chi connectivity index (χ1v) is 8.68. The van der Waals surface area contributed by atoms with E-state index < -0.39 is 17.8 Å². The summed E-state index contributed by atoms with van der Waals surface area (Å²) in [6.45, 7) is 3.64. The van der Waals surface area contributed by atoms with Crippen LogP contribution in [-0.4, -0.2) is 34.3 Å². The molecule has 0 aromatic heterocycles. The number of amides is 1. The third-order valence-corrected chi connectivity index (χ3v) is 4.82. The summed E-state index contributed by atoms with van der Waals surface area (Å²) in [6.07, 6.45) is 0.352. The zero-order chi connectivity index (χ0) is 17.3. The van der Waals surface area contributed by atoms with E-state index in [9.17, 15) is 14.0 Å². The Hall–Kier alpha value is -2.15. The molecule has 1 fully saturated rings. The van der Waals surface area contributed by atoms with Crippen LogP contribution in [0.15, 0.2) is 40.5 Å². The molecule has 1 aromatic carbocycles. The summed E-state index contributed by atoms with van der Waals surface area (Å²) in [4.78, 5) is 30.9. The Morgan fingerprint density at radius 3 is 3.00 bits per heavy atom. The van der Waals surface area contributed by atoms with Crippen LogP contribution < -0.4 is 0 Å². The van der Waals surface area contributed by atoms with Crippen molar-refractivity contribution in [3.8, 4) is 0 Å². The van der Waals surface area contributed by atoms with Gasteiger partial charge in [-0.3, -0.25) is 9.69 Å². The monoisotopic (exact) mass is 348 g/mol. The molecular formula is C17H17FN2O3S. The third kappa shape index (κ3) is 2.96. The molecule has 5 nitrogen and oxygen atoms in total. The van der Waals surface area contributed by atoms with E-state index in [1.165, 1.54) is 28.8 Å². The second-order valence-electron chi connectivity index (χ2n) is 5.43. The molecule has 2 aliphatic heterocycles. The zero-order valence-electron chi connectivity index (χ0n) is 13.4. The predicted octanol–water partition coefficient (Wildman–Crippen LogP) is 3.04. The molecule has 0 spiro atoms. The summed E-state index contributed by atoms with van der Waals surface area (Å²) in [7, 11) is 0. The van der Waals surface area contributed by atoms with Gasteiger partial charge in [0.05, 0.1) is 23.9 Å². The fourth-order valence-corrected chi connectivity index (χ4v) is 3.87. The highest BCUT2D eigenvalue weighted by Gasteiger charge is 2.41. The minimum absolute atomic E-state index is 0.129. The maximum atomic E-state index is 13.7. The number of esters is 1. The molecule has 126 valence electrons.